The van der Waals surface area contributed by atoms with Gasteiger partial charge in [-0.25, -0.2) is 0 Å². The first-order valence-corrected chi connectivity index (χ1v) is 25.3. The molecule has 0 unspecified atom stereocenters. The van der Waals surface area contributed by atoms with E-state index in [0.717, 1.165) is 50.9 Å². The number of aromatic nitrogens is 1. The molecule has 0 aliphatic carbocycles. The van der Waals surface area contributed by atoms with E-state index >= 15 is 0 Å². The number of hydrogen-bond acceptors (Lipinski definition) is 2. The summed E-state index contributed by atoms with van der Waals surface area (Å²) < 4.78 is 9.03. The topological polar surface area (TPSA) is 17.4 Å². The lowest BCUT2D eigenvalue weighted by atomic mass is 10.0. The van der Waals surface area contributed by atoms with E-state index in [1.807, 2.05) is 0 Å². The third-order valence-corrected chi connectivity index (χ3v) is 18.7. The molecule has 1 aromatic heterocycles. The Morgan fingerprint density at radius 3 is 1.41 bits per heavy atom. The number of fused-ring (bicyclic) bond motifs is 6. The molecule has 0 N–H and O–H groups in total. The van der Waals surface area contributed by atoms with E-state index < -0.39 is 8.07 Å². The molecule has 13 rings (SSSR count). The fourth-order valence-electron chi connectivity index (χ4n) is 10.7. The summed E-state index contributed by atoms with van der Waals surface area (Å²) in [6.45, 7) is 0. The minimum atomic E-state index is -2.71. The molecule has 0 fully saturated rings. The molecule has 2 heterocycles. The van der Waals surface area contributed by atoms with Gasteiger partial charge in [0.25, 0.3) is 0 Å². The van der Waals surface area contributed by atoms with Gasteiger partial charge in [-0.1, -0.05) is 200 Å². The van der Waals surface area contributed by atoms with Crippen molar-refractivity contribution in [2.45, 2.75) is 0 Å². The van der Waals surface area contributed by atoms with E-state index in [1.165, 1.54) is 58.9 Å². The summed E-state index contributed by atoms with van der Waals surface area (Å²) >= 11 is 0. The van der Waals surface area contributed by atoms with E-state index in [0.29, 0.717) is 0 Å². The largest absolute Gasteiger partial charge is 0.453 e. The van der Waals surface area contributed by atoms with Gasteiger partial charge in [-0.15, -0.1) is 0 Å². The van der Waals surface area contributed by atoms with Gasteiger partial charge >= 0.3 is 0 Å². The zero-order valence-electron chi connectivity index (χ0n) is 37.2. The second-order valence-corrected chi connectivity index (χ2v) is 21.5. The number of rotatable bonds is 9. The van der Waals surface area contributed by atoms with Gasteiger partial charge < -0.3 is 14.2 Å². The Morgan fingerprint density at radius 1 is 0.324 bits per heavy atom. The van der Waals surface area contributed by atoms with E-state index in [1.54, 1.807) is 0 Å². The highest BCUT2D eigenvalue weighted by Crippen LogP contribution is 2.46. The molecule has 0 atom stereocenters. The zero-order chi connectivity index (χ0) is 45.0. The molecule has 0 radical (unpaired) electrons. The van der Waals surface area contributed by atoms with Gasteiger partial charge in [0.1, 0.15) is 0 Å². The first-order chi connectivity index (χ1) is 33.7. The average molecular weight is 885 g/mol. The van der Waals surface area contributed by atoms with Crippen LogP contribution in [-0.4, -0.2) is 12.6 Å². The van der Waals surface area contributed by atoms with Crippen molar-refractivity contribution in [3.05, 3.63) is 267 Å². The molecule has 0 amide bonds. The predicted molar refractivity (Wildman–Crippen MR) is 288 cm³/mol. The van der Waals surface area contributed by atoms with Crippen LogP contribution >= 0.6 is 0 Å². The molecule has 0 saturated carbocycles. The second kappa shape index (κ2) is 16.3. The molecule has 4 heteroatoms. The lowest BCUT2D eigenvalue weighted by Crippen LogP contribution is -2.74. The van der Waals surface area contributed by atoms with Crippen LogP contribution in [0.4, 0.5) is 17.1 Å². The van der Waals surface area contributed by atoms with E-state index in [9.17, 15) is 0 Å². The minimum Gasteiger partial charge on any atom is -0.453 e. The van der Waals surface area contributed by atoms with Gasteiger partial charge in [0.2, 0.25) is 0 Å². The standard InChI is InChI=1S/C64H44N2OSi/c1-4-17-54(18-5-1)68(55-19-6-2-7-20-55,56-21-8-3-9-22-56)57-40-38-53(39-41-57)65(51-34-29-46(30-35-51)49-28-27-45-15-10-11-16-48(45)43-49)52-36-31-47(32-37-52)50-33-42-61-63(44-50)67-62-26-14-24-59-58-23-12-13-25-60(58)66(61)64(59)62/h1-44H. The second-order valence-electron chi connectivity index (χ2n) is 17.7. The number of ether oxygens (including phenoxy) is 1. The molecule has 1 aliphatic heterocycles. The Balaban J connectivity index is 0.910. The highest BCUT2D eigenvalue weighted by Gasteiger charge is 2.41. The van der Waals surface area contributed by atoms with Gasteiger partial charge in [-0.3, -0.25) is 0 Å². The average Bonchev–Trinajstić information content (AvgIpc) is 3.76. The Morgan fingerprint density at radius 2 is 0.794 bits per heavy atom. The number of benzene rings is 11. The molecule has 320 valence electrons. The Bertz CT molecular complexity index is 3700. The first-order valence-electron chi connectivity index (χ1n) is 23.3. The van der Waals surface area contributed by atoms with Crippen LogP contribution in [-0.2, 0) is 0 Å². The monoisotopic (exact) mass is 884 g/mol. The maximum absolute atomic E-state index is 6.67. The SMILES string of the molecule is c1ccc([Si](c2ccccc2)(c2ccccc2)c2ccc(N(c3ccc(-c4ccc5c(c4)Oc4cccc6c7ccccc7n-5c46)cc3)c3ccc(-c4ccc5ccccc5c4)cc3)cc2)cc1. The van der Waals surface area contributed by atoms with E-state index in [2.05, 4.69) is 276 Å². The van der Waals surface area contributed by atoms with Crippen LogP contribution in [0.2, 0.25) is 0 Å². The fraction of sp³-hybridized carbons (Fsp3) is 0. The van der Waals surface area contributed by atoms with Gasteiger partial charge in [-0.05, 0) is 121 Å². The van der Waals surface area contributed by atoms with Crippen LogP contribution in [0.3, 0.4) is 0 Å². The Kier molecular flexibility index (Phi) is 9.51. The summed E-state index contributed by atoms with van der Waals surface area (Å²) in [4.78, 5) is 2.38. The molecule has 11 aromatic carbocycles. The van der Waals surface area contributed by atoms with Crippen molar-refractivity contribution in [2.24, 2.45) is 0 Å². The number of para-hydroxylation sites is 2. The van der Waals surface area contributed by atoms with Crippen molar-refractivity contribution in [2.75, 3.05) is 4.90 Å². The predicted octanol–water partition coefficient (Wildman–Crippen LogP) is 14.2. The number of hydrogen-bond donors (Lipinski definition) is 0. The maximum Gasteiger partial charge on any atom is 0.179 e. The maximum atomic E-state index is 6.67. The van der Waals surface area contributed by atoms with Crippen LogP contribution in [0.25, 0.3) is 60.5 Å². The summed E-state index contributed by atoms with van der Waals surface area (Å²) in [5.41, 5.74) is 11.2. The highest BCUT2D eigenvalue weighted by atomic mass is 28.3. The molecule has 68 heavy (non-hydrogen) atoms. The van der Waals surface area contributed by atoms with Gasteiger partial charge in [0, 0.05) is 27.8 Å². The molecule has 0 bridgehead atoms. The lowest BCUT2D eigenvalue weighted by Gasteiger charge is -2.35. The molecule has 3 nitrogen and oxygen atoms in total. The van der Waals surface area contributed by atoms with E-state index in [-0.39, 0.29) is 0 Å². The first kappa shape index (κ1) is 39.6. The lowest BCUT2D eigenvalue weighted by molar-refractivity contribution is 0.476. The molecule has 0 spiro atoms. The zero-order valence-corrected chi connectivity index (χ0v) is 38.2. The van der Waals surface area contributed by atoms with Crippen molar-refractivity contribution in [1.82, 2.24) is 4.57 Å². The number of nitrogens with zero attached hydrogens (tertiary/aromatic N) is 2. The van der Waals surface area contributed by atoms with Gasteiger partial charge in [-0.2, -0.15) is 0 Å². The van der Waals surface area contributed by atoms with Crippen LogP contribution < -0.4 is 30.4 Å². The summed E-state index contributed by atoms with van der Waals surface area (Å²) in [6.07, 6.45) is 0. The van der Waals surface area contributed by atoms with E-state index in [4.69, 9.17) is 4.74 Å². The van der Waals surface area contributed by atoms with Crippen molar-refractivity contribution in [1.29, 1.82) is 0 Å². The molecule has 0 saturated heterocycles. The van der Waals surface area contributed by atoms with Crippen molar-refractivity contribution >= 4 is 78.5 Å². The van der Waals surface area contributed by atoms with Crippen LogP contribution in [0.15, 0.2) is 267 Å². The molecular weight excluding hydrogens is 841 g/mol. The summed E-state index contributed by atoms with van der Waals surface area (Å²) in [5.74, 6) is 1.73. The van der Waals surface area contributed by atoms with Crippen molar-refractivity contribution in [3.63, 3.8) is 0 Å². The molecular formula is C64H44N2OSi. The van der Waals surface area contributed by atoms with Crippen LogP contribution in [0, 0.1) is 0 Å². The third-order valence-electron chi connectivity index (χ3n) is 13.9. The summed E-state index contributed by atoms with van der Waals surface area (Å²) in [5, 5.41) is 10.3. The summed E-state index contributed by atoms with van der Waals surface area (Å²) in [6, 6.07) is 97.6. The van der Waals surface area contributed by atoms with Crippen molar-refractivity contribution < 1.29 is 4.74 Å². The fourth-order valence-corrected chi connectivity index (χ4v) is 15.5. The normalized spacial score (nSPS) is 11.9. The minimum absolute atomic E-state index is 0.849. The number of anilines is 3. The van der Waals surface area contributed by atoms with Crippen LogP contribution in [0.5, 0.6) is 11.5 Å². The highest BCUT2D eigenvalue weighted by molar-refractivity contribution is 7.19. The smallest absolute Gasteiger partial charge is 0.179 e. The molecule has 12 aromatic rings. The Labute approximate surface area is 397 Å². The molecule has 1 aliphatic rings. The van der Waals surface area contributed by atoms with Gasteiger partial charge in [0.15, 0.2) is 19.6 Å². The van der Waals surface area contributed by atoms with Crippen molar-refractivity contribution in [3.8, 4) is 39.4 Å². The third kappa shape index (κ3) is 6.49. The summed E-state index contributed by atoms with van der Waals surface area (Å²) in [7, 11) is -2.71. The van der Waals surface area contributed by atoms with Crippen LogP contribution in [0.1, 0.15) is 0 Å². The quantitative estimate of drug-likeness (QED) is 0.106. The van der Waals surface area contributed by atoms with Gasteiger partial charge in [0.05, 0.1) is 16.7 Å². The Hall–Kier alpha value is -8.70.